The van der Waals surface area contributed by atoms with Crippen molar-refractivity contribution < 1.29 is 40.8 Å². The van der Waals surface area contributed by atoms with Gasteiger partial charge in [-0.3, -0.25) is 8.98 Å². The minimum Gasteiger partial charge on any atom is -0.726 e. The van der Waals surface area contributed by atoms with Crippen LogP contribution in [0.25, 0.3) is 0 Å². The van der Waals surface area contributed by atoms with Crippen LogP contribution in [0.5, 0.6) is 5.75 Å². The van der Waals surface area contributed by atoms with Gasteiger partial charge in [0, 0.05) is 20.2 Å². The fourth-order valence-electron chi connectivity index (χ4n) is 3.29. The number of rotatable bonds is 7. The summed E-state index contributed by atoms with van der Waals surface area (Å²) in [6.07, 6.45) is 1.31. The molecule has 0 unspecified atom stereocenters. The van der Waals surface area contributed by atoms with E-state index in [-0.39, 0.29) is 6.61 Å². The lowest BCUT2D eigenvalue weighted by molar-refractivity contribution is -0.681. The summed E-state index contributed by atoms with van der Waals surface area (Å²) in [5.41, 5.74) is 1.26. The molecule has 0 aliphatic heterocycles. The van der Waals surface area contributed by atoms with Crippen molar-refractivity contribution in [2.24, 2.45) is 7.05 Å². The van der Waals surface area contributed by atoms with Gasteiger partial charge in [-0.1, -0.05) is 60.7 Å². The van der Waals surface area contributed by atoms with E-state index in [1.807, 2.05) is 80.8 Å². The molecule has 1 heterocycles. The van der Waals surface area contributed by atoms with Crippen LogP contribution < -0.4 is 9.30 Å². The Morgan fingerprint density at radius 3 is 1.86 bits per heavy atom. The fourth-order valence-corrected chi connectivity index (χ4v) is 3.29. The normalized spacial score (nSPS) is 11.1. The zero-order valence-corrected chi connectivity index (χ0v) is 22.1. The number of aryl methyl sites for hydroxylation is 1. The van der Waals surface area contributed by atoms with Crippen LogP contribution in [-0.4, -0.2) is 51.1 Å². The Kier molecular flexibility index (Phi) is 10.3. The lowest BCUT2D eigenvalue weighted by Crippen LogP contribution is -2.39. The number of hydrogen-bond donors (Lipinski definition) is 0. The molecule has 0 radical (unpaired) electrons. The second-order valence-electron chi connectivity index (χ2n) is 8.20. The van der Waals surface area contributed by atoms with Crippen molar-refractivity contribution in [1.29, 1.82) is 0 Å². The molecule has 2 aromatic carbocycles. The van der Waals surface area contributed by atoms with Crippen molar-refractivity contribution in [3.63, 3.8) is 0 Å². The first-order valence-corrected chi connectivity index (χ1v) is 12.4. The molecular weight excluding hydrogens is 500 g/mol. The molecular formula is C26H30N2O8S. The summed E-state index contributed by atoms with van der Waals surface area (Å²) in [6, 6.07) is 22.6. The molecule has 1 aromatic heterocycles. The number of aromatic nitrogens is 1. The van der Waals surface area contributed by atoms with Crippen molar-refractivity contribution >= 4 is 22.5 Å². The molecule has 0 saturated heterocycles. The number of pyridine rings is 1. The first-order chi connectivity index (χ1) is 17.4. The molecule has 0 aliphatic carbocycles. The number of carbonyl (C=O) groups excluding carboxylic acids is 2. The van der Waals surface area contributed by atoms with Gasteiger partial charge in [0.1, 0.15) is 12.5 Å². The number of nitrogens with zero attached hydrogens (tertiary/aromatic N) is 2. The summed E-state index contributed by atoms with van der Waals surface area (Å²) in [7, 11) is 1.42. The Morgan fingerprint density at radius 1 is 0.946 bits per heavy atom. The van der Waals surface area contributed by atoms with E-state index in [1.54, 1.807) is 30.8 Å². The van der Waals surface area contributed by atoms with Crippen LogP contribution in [0.2, 0.25) is 0 Å². The Labute approximate surface area is 217 Å². The van der Waals surface area contributed by atoms with Gasteiger partial charge in [-0.2, -0.15) is 4.57 Å². The predicted octanol–water partition coefficient (Wildman–Crippen LogP) is 2.71. The van der Waals surface area contributed by atoms with Gasteiger partial charge in [0.2, 0.25) is 16.1 Å². The summed E-state index contributed by atoms with van der Waals surface area (Å²) >= 11 is 0. The van der Waals surface area contributed by atoms with Crippen LogP contribution in [-0.2, 0) is 43.2 Å². The molecule has 0 N–H and O–H groups in total. The third-order valence-corrected chi connectivity index (χ3v) is 5.89. The number of hydrogen-bond acceptors (Lipinski definition) is 8. The second-order valence-corrected chi connectivity index (χ2v) is 9.35. The van der Waals surface area contributed by atoms with Crippen LogP contribution in [0.15, 0.2) is 79.0 Å². The molecule has 0 bridgehead atoms. The molecule has 0 saturated carbocycles. The summed E-state index contributed by atoms with van der Waals surface area (Å²) in [5.74, 6) is -0.0451. The highest BCUT2D eigenvalue weighted by Gasteiger charge is 2.39. The summed E-state index contributed by atoms with van der Waals surface area (Å²) in [4.78, 5) is 26.8. The van der Waals surface area contributed by atoms with Gasteiger partial charge in [0.25, 0.3) is 5.69 Å². The molecule has 37 heavy (non-hydrogen) atoms. The third-order valence-electron chi connectivity index (χ3n) is 5.48. The van der Waals surface area contributed by atoms with Crippen LogP contribution in [0.4, 0.5) is 4.79 Å². The van der Waals surface area contributed by atoms with Crippen LogP contribution in [0, 0.1) is 0 Å². The van der Waals surface area contributed by atoms with E-state index in [4.69, 9.17) is 9.47 Å². The maximum Gasteiger partial charge on any atom is 0.414 e. The summed E-state index contributed by atoms with van der Waals surface area (Å²) in [5, 5.41) is 0. The van der Waals surface area contributed by atoms with Crippen LogP contribution >= 0.6 is 0 Å². The molecule has 0 spiro atoms. The van der Waals surface area contributed by atoms with Gasteiger partial charge < -0.3 is 18.9 Å². The topological polar surface area (TPSA) is 126 Å². The average Bonchev–Trinajstić information content (AvgIpc) is 2.88. The molecule has 198 valence electrons. The monoisotopic (exact) mass is 530 g/mol. The first-order valence-electron chi connectivity index (χ1n) is 11.1. The van der Waals surface area contributed by atoms with Crippen LogP contribution in [0.3, 0.4) is 0 Å². The second kappa shape index (κ2) is 12.9. The number of amides is 1. The van der Waals surface area contributed by atoms with E-state index in [0.717, 1.165) is 18.2 Å². The van der Waals surface area contributed by atoms with Crippen molar-refractivity contribution in [3.8, 4) is 5.75 Å². The van der Waals surface area contributed by atoms with Crippen molar-refractivity contribution in [1.82, 2.24) is 4.90 Å². The molecule has 10 nitrogen and oxygen atoms in total. The molecule has 0 atom stereocenters. The zero-order valence-electron chi connectivity index (χ0n) is 21.3. The highest BCUT2D eigenvalue weighted by Crippen LogP contribution is 2.33. The molecule has 3 rings (SSSR count). The lowest BCUT2D eigenvalue weighted by atomic mass is 9.76. The quantitative estimate of drug-likeness (QED) is 0.198. The van der Waals surface area contributed by atoms with E-state index in [9.17, 15) is 22.6 Å². The van der Waals surface area contributed by atoms with Gasteiger partial charge >= 0.3 is 12.1 Å². The van der Waals surface area contributed by atoms with Crippen molar-refractivity contribution in [3.05, 3.63) is 95.8 Å². The van der Waals surface area contributed by atoms with E-state index < -0.39 is 27.9 Å². The summed E-state index contributed by atoms with van der Waals surface area (Å²) < 4.78 is 44.0. The van der Waals surface area contributed by atoms with Crippen molar-refractivity contribution in [2.45, 2.75) is 18.9 Å². The minimum absolute atomic E-state index is 0.0402. The minimum atomic E-state index is -4.41. The number of benzene rings is 2. The maximum absolute atomic E-state index is 13.4. The molecule has 11 heteroatoms. The number of ether oxygens (including phenoxy) is 2. The van der Waals surface area contributed by atoms with Gasteiger partial charge in [-0.25, -0.2) is 13.2 Å². The zero-order chi connectivity index (χ0) is 27.6. The van der Waals surface area contributed by atoms with E-state index in [2.05, 4.69) is 4.18 Å². The molecule has 0 aliphatic rings. The lowest BCUT2D eigenvalue weighted by Gasteiger charge is -2.28. The summed E-state index contributed by atoms with van der Waals surface area (Å²) in [6.45, 7) is 1.82. The standard InChI is InChI=1S/C25H27N2O4.CH4O4S/c1-25(19-12-7-5-8-13-19,20-14-9-6-10-15-20)23(28)30-18-21-22(16-11-17-27(21)4)31-24(29)26(2)3;1-5-6(2,3)4/h5-17H,18H2,1-4H3;1H3,(H,2,3,4)/q+1;/p-1. The largest absolute Gasteiger partial charge is 0.726 e. The predicted molar refractivity (Wildman–Crippen MR) is 133 cm³/mol. The Bertz CT molecular complexity index is 1260. The Hall–Kier alpha value is -3.80. The smallest absolute Gasteiger partial charge is 0.414 e. The molecule has 3 aromatic rings. The van der Waals surface area contributed by atoms with E-state index in [0.29, 0.717) is 11.4 Å². The Balaban J connectivity index is 0.000000717. The van der Waals surface area contributed by atoms with Crippen molar-refractivity contribution in [2.75, 3.05) is 21.2 Å². The number of esters is 1. The highest BCUT2D eigenvalue weighted by molar-refractivity contribution is 7.80. The van der Waals surface area contributed by atoms with Gasteiger partial charge in [0.15, 0.2) is 12.8 Å². The fraction of sp³-hybridized carbons (Fsp3) is 0.269. The third kappa shape index (κ3) is 8.10. The van der Waals surface area contributed by atoms with Gasteiger partial charge in [-0.05, 0) is 24.1 Å². The number of carbonyl (C=O) groups is 2. The molecule has 0 fully saturated rings. The van der Waals surface area contributed by atoms with Gasteiger partial charge in [-0.15, -0.1) is 0 Å². The first kappa shape index (κ1) is 29.4. The highest BCUT2D eigenvalue weighted by atomic mass is 32.3. The van der Waals surface area contributed by atoms with Gasteiger partial charge in [0.05, 0.1) is 7.11 Å². The average molecular weight is 531 g/mol. The molecule has 1 amide bonds. The maximum atomic E-state index is 13.4. The Morgan fingerprint density at radius 2 is 1.43 bits per heavy atom. The van der Waals surface area contributed by atoms with E-state index >= 15 is 0 Å². The SMILES string of the molecule is CN(C)C(=O)Oc1ccc[n+](C)c1COC(=O)C(C)(c1ccccc1)c1ccccc1.COS(=O)(=O)[O-]. The van der Waals surface area contributed by atoms with Crippen LogP contribution in [0.1, 0.15) is 23.7 Å². The van der Waals surface area contributed by atoms with E-state index in [1.165, 1.54) is 4.90 Å².